The minimum atomic E-state index is -4.59. The summed E-state index contributed by atoms with van der Waals surface area (Å²) in [5.41, 5.74) is 6.70. The van der Waals surface area contributed by atoms with Crippen molar-refractivity contribution in [3.05, 3.63) is 65.1 Å². The van der Waals surface area contributed by atoms with E-state index in [0.29, 0.717) is 28.4 Å². The van der Waals surface area contributed by atoms with Crippen molar-refractivity contribution >= 4 is 29.0 Å². The van der Waals surface area contributed by atoms with Gasteiger partial charge in [-0.15, -0.1) is 0 Å². The topological polar surface area (TPSA) is 103 Å². The van der Waals surface area contributed by atoms with Crippen LogP contribution in [0.1, 0.15) is 29.0 Å². The number of halogens is 4. The maximum atomic E-state index is 13.4. The van der Waals surface area contributed by atoms with Crippen LogP contribution in [0.3, 0.4) is 0 Å². The molecule has 1 amide bonds. The molecule has 0 aliphatic carbocycles. The van der Waals surface area contributed by atoms with E-state index in [4.69, 9.17) is 21.9 Å². The highest BCUT2D eigenvalue weighted by Gasteiger charge is 2.37. The molecular formula is C22H16ClF3N6O2. The number of carbonyl (C=O) groups excluding carboxylic acids is 1. The third kappa shape index (κ3) is 3.67. The van der Waals surface area contributed by atoms with Gasteiger partial charge in [0.1, 0.15) is 17.2 Å². The number of hydrogen-bond donors (Lipinski definition) is 1. The molecule has 3 aromatic heterocycles. The van der Waals surface area contributed by atoms with Gasteiger partial charge in [-0.1, -0.05) is 16.8 Å². The third-order valence-electron chi connectivity index (χ3n) is 5.53. The first-order valence-electron chi connectivity index (χ1n) is 10.1. The van der Waals surface area contributed by atoms with E-state index in [0.717, 1.165) is 12.1 Å². The minimum Gasteiger partial charge on any atom is -0.384 e. The van der Waals surface area contributed by atoms with E-state index < -0.39 is 22.7 Å². The molecule has 1 aliphatic rings. The van der Waals surface area contributed by atoms with E-state index >= 15 is 0 Å². The van der Waals surface area contributed by atoms with Crippen molar-refractivity contribution in [2.45, 2.75) is 19.1 Å². The first-order chi connectivity index (χ1) is 16.1. The van der Waals surface area contributed by atoms with Gasteiger partial charge in [0.25, 0.3) is 5.91 Å². The molecule has 4 aromatic rings. The molecule has 1 atom stereocenters. The summed E-state index contributed by atoms with van der Waals surface area (Å²) < 4.78 is 46.3. The average Bonchev–Trinajstić information content (AvgIpc) is 3.43. The zero-order valence-electron chi connectivity index (χ0n) is 17.5. The summed E-state index contributed by atoms with van der Waals surface area (Å²) in [6.07, 6.45) is -1.54. The zero-order valence-corrected chi connectivity index (χ0v) is 18.3. The number of rotatable bonds is 3. The fourth-order valence-electron chi connectivity index (χ4n) is 3.86. The van der Waals surface area contributed by atoms with Crippen LogP contribution in [0.2, 0.25) is 5.02 Å². The molecule has 0 unspecified atom stereocenters. The maximum Gasteiger partial charge on any atom is 0.417 e. The van der Waals surface area contributed by atoms with Gasteiger partial charge in [-0.05, 0) is 37.3 Å². The van der Waals surface area contributed by atoms with E-state index in [2.05, 4.69) is 15.2 Å². The van der Waals surface area contributed by atoms with Crippen LogP contribution in [0, 0.1) is 0 Å². The lowest BCUT2D eigenvalue weighted by atomic mass is 10.1. The Kier molecular flexibility index (Phi) is 5.08. The normalized spacial score (nSPS) is 16.1. The Bertz CT molecular complexity index is 1400. The molecule has 174 valence electrons. The molecule has 34 heavy (non-hydrogen) atoms. The molecule has 1 aliphatic heterocycles. The van der Waals surface area contributed by atoms with Crippen molar-refractivity contribution < 1.29 is 22.5 Å². The lowest BCUT2D eigenvalue weighted by Crippen LogP contribution is -2.42. The van der Waals surface area contributed by atoms with Gasteiger partial charge in [0.05, 0.1) is 28.4 Å². The van der Waals surface area contributed by atoms with E-state index in [1.165, 1.54) is 17.2 Å². The van der Waals surface area contributed by atoms with Crippen LogP contribution in [0.25, 0.3) is 22.6 Å². The van der Waals surface area contributed by atoms with Gasteiger partial charge in [-0.3, -0.25) is 9.48 Å². The Morgan fingerprint density at radius 1 is 1.18 bits per heavy atom. The predicted octanol–water partition coefficient (Wildman–Crippen LogP) is 5.08. The molecule has 8 nitrogen and oxygen atoms in total. The van der Waals surface area contributed by atoms with Crippen LogP contribution < -0.4 is 10.6 Å². The second kappa shape index (κ2) is 7.87. The van der Waals surface area contributed by atoms with Gasteiger partial charge in [0, 0.05) is 30.1 Å². The molecule has 0 bridgehead atoms. The van der Waals surface area contributed by atoms with Gasteiger partial charge < -0.3 is 15.2 Å². The molecule has 12 heteroatoms. The molecule has 1 aromatic carbocycles. The molecule has 0 fully saturated rings. The molecule has 0 saturated carbocycles. The Balaban J connectivity index is 1.51. The van der Waals surface area contributed by atoms with E-state index in [9.17, 15) is 18.0 Å². The Morgan fingerprint density at radius 3 is 2.65 bits per heavy atom. The van der Waals surface area contributed by atoms with Gasteiger partial charge in [0.2, 0.25) is 0 Å². The first kappa shape index (κ1) is 22.0. The molecule has 0 saturated heterocycles. The lowest BCUT2D eigenvalue weighted by molar-refractivity contribution is -0.137. The Morgan fingerprint density at radius 2 is 1.97 bits per heavy atom. The Hall–Kier alpha value is -3.86. The van der Waals surface area contributed by atoms with E-state index in [-0.39, 0.29) is 24.0 Å². The molecule has 4 heterocycles. The molecule has 0 radical (unpaired) electrons. The van der Waals surface area contributed by atoms with Crippen LogP contribution in [0.15, 0.2) is 53.3 Å². The van der Waals surface area contributed by atoms with Crippen molar-refractivity contribution in [3.63, 3.8) is 0 Å². The van der Waals surface area contributed by atoms with Crippen LogP contribution in [0.4, 0.5) is 24.7 Å². The number of aromatic nitrogens is 4. The molecule has 0 spiro atoms. The first-order valence-corrected chi connectivity index (χ1v) is 10.5. The standard InChI is InChI=1S/C22H16ClF3N6O2/c1-11-10-31(13-3-4-15(16(23)6-13)22(24,25)26)21(33)20-14(9-29-32(11)20)18-7-17(30-34-18)12-2-5-19(27)28-8-12/h2-9,11H,10H2,1H3,(H2,27,28)/t11-/m0/s1. The van der Waals surface area contributed by atoms with Crippen LogP contribution in [-0.4, -0.2) is 32.4 Å². The number of nitrogens with two attached hydrogens (primary N) is 1. The highest BCUT2D eigenvalue weighted by Crippen LogP contribution is 2.39. The van der Waals surface area contributed by atoms with Crippen LogP contribution in [0.5, 0.6) is 0 Å². The Labute approximate surface area is 195 Å². The number of amides is 1. The highest BCUT2D eigenvalue weighted by atomic mass is 35.5. The smallest absolute Gasteiger partial charge is 0.384 e. The average molecular weight is 489 g/mol. The number of fused-ring (bicyclic) bond motifs is 1. The van der Waals surface area contributed by atoms with Gasteiger partial charge in [-0.25, -0.2) is 4.98 Å². The van der Waals surface area contributed by atoms with Crippen molar-refractivity contribution in [3.8, 4) is 22.6 Å². The minimum absolute atomic E-state index is 0.202. The van der Waals surface area contributed by atoms with Crippen LogP contribution >= 0.6 is 11.6 Å². The second-order valence-corrected chi connectivity index (χ2v) is 8.23. The van der Waals surface area contributed by atoms with Crippen LogP contribution in [-0.2, 0) is 6.18 Å². The summed E-state index contributed by atoms with van der Waals surface area (Å²) in [6.45, 7) is 2.05. The SMILES string of the molecule is C[C@H]1CN(c2ccc(C(F)(F)F)c(Cl)c2)C(=O)c2c(-c3cc(-c4ccc(N)nc4)no3)cnn21. The fraction of sp³-hybridized carbons (Fsp3) is 0.182. The van der Waals surface area contributed by atoms with Crippen molar-refractivity contribution in [2.24, 2.45) is 0 Å². The van der Waals surface area contributed by atoms with Crippen molar-refractivity contribution in [1.82, 2.24) is 19.9 Å². The number of hydrogen-bond acceptors (Lipinski definition) is 6. The number of anilines is 2. The van der Waals surface area contributed by atoms with E-state index in [1.807, 2.05) is 6.92 Å². The van der Waals surface area contributed by atoms with E-state index in [1.54, 1.807) is 29.1 Å². The van der Waals surface area contributed by atoms with Crippen molar-refractivity contribution in [2.75, 3.05) is 17.2 Å². The fourth-order valence-corrected chi connectivity index (χ4v) is 4.14. The predicted molar refractivity (Wildman–Crippen MR) is 118 cm³/mol. The summed E-state index contributed by atoms with van der Waals surface area (Å²) >= 11 is 5.88. The summed E-state index contributed by atoms with van der Waals surface area (Å²) in [5, 5.41) is 7.89. The molecule has 5 rings (SSSR count). The summed E-state index contributed by atoms with van der Waals surface area (Å²) in [6, 6.07) is 7.99. The summed E-state index contributed by atoms with van der Waals surface area (Å²) in [4.78, 5) is 18.8. The second-order valence-electron chi connectivity index (χ2n) is 7.83. The summed E-state index contributed by atoms with van der Waals surface area (Å²) in [7, 11) is 0. The monoisotopic (exact) mass is 488 g/mol. The van der Waals surface area contributed by atoms with Gasteiger partial charge in [-0.2, -0.15) is 18.3 Å². The lowest BCUT2D eigenvalue weighted by Gasteiger charge is -2.32. The van der Waals surface area contributed by atoms with Gasteiger partial charge >= 0.3 is 6.18 Å². The largest absolute Gasteiger partial charge is 0.417 e. The quantitative estimate of drug-likeness (QED) is 0.431. The van der Waals surface area contributed by atoms with Gasteiger partial charge in [0.15, 0.2) is 5.76 Å². The highest BCUT2D eigenvalue weighted by molar-refractivity contribution is 6.31. The number of pyridine rings is 1. The number of nitrogens with zero attached hydrogens (tertiary/aromatic N) is 5. The third-order valence-corrected chi connectivity index (χ3v) is 5.85. The number of nitrogen functional groups attached to an aromatic ring is 1. The molecular weight excluding hydrogens is 473 g/mol. The maximum absolute atomic E-state index is 13.4. The summed E-state index contributed by atoms with van der Waals surface area (Å²) in [5.74, 6) is 0.218. The molecule has 2 N–H and O–H groups in total. The van der Waals surface area contributed by atoms with Crippen molar-refractivity contribution in [1.29, 1.82) is 0 Å². The number of benzene rings is 1. The number of carbonyl (C=O) groups is 1. The number of alkyl halides is 3. The zero-order chi connectivity index (χ0) is 24.2.